The van der Waals surface area contributed by atoms with Gasteiger partial charge in [0.2, 0.25) is 15.9 Å². The van der Waals surface area contributed by atoms with Crippen molar-refractivity contribution in [3.63, 3.8) is 0 Å². The first kappa shape index (κ1) is 20.9. The van der Waals surface area contributed by atoms with Gasteiger partial charge in [0, 0.05) is 28.0 Å². The van der Waals surface area contributed by atoms with Crippen LogP contribution in [0.2, 0.25) is 5.02 Å². The average molecular weight is 434 g/mol. The zero-order valence-electron chi connectivity index (χ0n) is 15.3. The van der Waals surface area contributed by atoms with E-state index in [0.29, 0.717) is 5.02 Å². The van der Waals surface area contributed by atoms with Crippen molar-refractivity contribution in [3.05, 3.63) is 76.8 Å². The number of hydrogen-bond donors (Lipinski definition) is 2. The summed E-state index contributed by atoms with van der Waals surface area (Å²) in [6.07, 6.45) is 2.42. The normalized spacial score (nSPS) is 11.3. The molecule has 0 aliphatic rings. The molecule has 0 saturated heterocycles. The van der Waals surface area contributed by atoms with Gasteiger partial charge in [-0.2, -0.15) is 0 Å². The number of anilines is 1. The van der Waals surface area contributed by atoms with Crippen LogP contribution in [0.25, 0.3) is 11.1 Å². The first-order chi connectivity index (χ1) is 13.6. The van der Waals surface area contributed by atoms with Gasteiger partial charge >= 0.3 is 0 Å². The number of hydrogen-bond acceptors (Lipinski definition) is 4. The van der Waals surface area contributed by atoms with Crippen LogP contribution in [0.15, 0.2) is 59.8 Å². The molecule has 150 valence electrons. The summed E-state index contributed by atoms with van der Waals surface area (Å²) in [5.74, 6) is -0.949. The van der Waals surface area contributed by atoms with Crippen LogP contribution in [-0.4, -0.2) is 19.3 Å². The van der Waals surface area contributed by atoms with Crippen LogP contribution in [-0.2, 0) is 21.2 Å². The number of aromatic nitrogens is 1. The largest absolute Gasteiger partial charge is 0.326 e. The molecule has 1 amide bonds. The number of primary sulfonamides is 1. The minimum atomic E-state index is -4.14. The van der Waals surface area contributed by atoms with E-state index < -0.39 is 15.8 Å². The summed E-state index contributed by atoms with van der Waals surface area (Å²) in [6, 6.07) is 10.6. The third kappa shape index (κ3) is 5.17. The molecule has 0 fully saturated rings. The Hall–Kier alpha value is -2.81. The summed E-state index contributed by atoms with van der Waals surface area (Å²) >= 11 is 5.92. The molecule has 6 nitrogen and oxygen atoms in total. The lowest BCUT2D eigenvalue weighted by Gasteiger charge is -2.12. The molecule has 0 bridgehead atoms. The molecule has 2 aromatic carbocycles. The summed E-state index contributed by atoms with van der Waals surface area (Å²) in [4.78, 5) is 15.9. The lowest BCUT2D eigenvalue weighted by Crippen LogP contribution is -2.17. The van der Waals surface area contributed by atoms with Crippen LogP contribution in [0, 0.1) is 12.7 Å². The molecule has 3 N–H and O–H groups in total. The van der Waals surface area contributed by atoms with Crippen molar-refractivity contribution in [2.45, 2.75) is 18.2 Å². The van der Waals surface area contributed by atoms with Crippen molar-refractivity contribution < 1.29 is 17.6 Å². The Labute approximate surface area is 172 Å². The van der Waals surface area contributed by atoms with Crippen LogP contribution in [0.5, 0.6) is 0 Å². The Morgan fingerprint density at radius 3 is 2.59 bits per heavy atom. The monoisotopic (exact) mass is 433 g/mol. The Morgan fingerprint density at radius 2 is 1.93 bits per heavy atom. The third-order valence-electron chi connectivity index (χ3n) is 4.24. The molecule has 0 aliphatic carbocycles. The molecular formula is C20H17ClFN3O3S. The van der Waals surface area contributed by atoms with Crippen molar-refractivity contribution in [1.82, 2.24) is 4.98 Å². The van der Waals surface area contributed by atoms with Crippen molar-refractivity contribution in [1.29, 1.82) is 0 Å². The minimum Gasteiger partial charge on any atom is -0.326 e. The van der Waals surface area contributed by atoms with Gasteiger partial charge in [0.25, 0.3) is 0 Å². The molecule has 3 rings (SSSR count). The van der Waals surface area contributed by atoms with Gasteiger partial charge in [-0.15, -0.1) is 0 Å². The maximum atomic E-state index is 13.5. The molecule has 1 aromatic heterocycles. The number of nitrogens with zero attached hydrogens (tertiary/aromatic N) is 1. The van der Waals surface area contributed by atoms with E-state index in [4.69, 9.17) is 16.7 Å². The molecule has 0 unspecified atom stereocenters. The first-order valence-corrected chi connectivity index (χ1v) is 10.4. The zero-order valence-corrected chi connectivity index (χ0v) is 16.9. The molecule has 1 heterocycles. The van der Waals surface area contributed by atoms with Gasteiger partial charge < -0.3 is 5.32 Å². The molecule has 29 heavy (non-hydrogen) atoms. The van der Waals surface area contributed by atoms with E-state index in [9.17, 15) is 17.6 Å². The predicted octanol–water partition coefficient (Wildman–Crippen LogP) is 3.68. The first-order valence-electron chi connectivity index (χ1n) is 8.46. The Kier molecular flexibility index (Phi) is 5.97. The van der Waals surface area contributed by atoms with E-state index >= 15 is 0 Å². The average Bonchev–Trinajstić information content (AvgIpc) is 2.63. The van der Waals surface area contributed by atoms with Crippen LogP contribution < -0.4 is 10.5 Å². The number of rotatable bonds is 5. The fraction of sp³-hybridized carbons (Fsp3) is 0.100. The number of benzene rings is 2. The second-order valence-corrected chi connectivity index (χ2v) is 8.41. The van der Waals surface area contributed by atoms with Gasteiger partial charge in [0.15, 0.2) is 0 Å². The van der Waals surface area contributed by atoms with E-state index in [-0.39, 0.29) is 34.0 Å². The van der Waals surface area contributed by atoms with E-state index in [0.717, 1.165) is 23.4 Å². The molecule has 0 radical (unpaired) electrons. The van der Waals surface area contributed by atoms with E-state index in [1.165, 1.54) is 24.4 Å². The number of nitrogens with one attached hydrogen (secondary N) is 1. The van der Waals surface area contributed by atoms with Crippen molar-refractivity contribution in [2.75, 3.05) is 5.32 Å². The van der Waals surface area contributed by atoms with Crippen LogP contribution in [0.3, 0.4) is 0 Å². The van der Waals surface area contributed by atoms with Crippen LogP contribution in [0.1, 0.15) is 11.1 Å². The minimum absolute atomic E-state index is 0.0866. The quantitative estimate of drug-likeness (QED) is 0.640. The highest BCUT2D eigenvalue weighted by atomic mass is 35.5. The number of nitrogens with two attached hydrogens (primary N) is 1. The van der Waals surface area contributed by atoms with Crippen LogP contribution >= 0.6 is 11.6 Å². The van der Waals surface area contributed by atoms with E-state index in [2.05, 4.69) is 10.3 Å². The summed E-state index contributed by atoms with van der Waals surface area (Å²) in [7, 11) is -4.14. The van der Waals surface area contributed by atoms with Gasteiger partial charge in [0.1, 0.15) is 5.82 Å². The van der Waals surface area contributed by atoms with Gasteiger partial charge in [-0.1, -0.05) is 23.7 Å². The van der Waals surface area contributed by atoms with Gasteiger partial charge in [-0.3, -0.25) is 9.78 Å². The second-order valence-electron chi connectivity index (χ2n) is 6.44. The Bertz CT molecular complexity index is 1200. The lowest BCUT2D eigenvalue weighted by atomic mass is 10.1. The Balaban J connectivity index is 1.90. The number of halogens is 2. The van der Waals surface area contributed by atoms with Gasteiger partial charge in [-0.05, 0) is 48.4 Å². The summed E-state index contributed by atoms with van der Waals surface area (Å²) in [6.45, 7) is 1.84. The predicted molar refractivity (Wildman–Crippen MR) is 110 cm³/mol. The number of carbonyl (C=O) groups excluding carboxylic acids is 1. The number of carbonyl (C=O) groups is 1. The highest BCUT2D eigenvalue weighted by Crippen LogP contribution is 2.29. The molecule has 0 spiro atoms. The standard InChI is InChI=1S/C20H17ClFN3O3S/c1-12-6-15(21)3-2-13(12)8-20(26)25-17-4-5-18(19(9-17)29(23,27)28)14-7-16(22)11-24-10-14/h2-7,9-11H,8H2,1H3,(H,25,26)(H2,23,27,28). The van der Waals surface area contributed by atoms with Crippen molar-refractivity contribution >= 4 is 33.2 Å². The van der Waals surface area contributed by atoms with Crippen LogP contribution in [0.4, 0.5) is 10.1 Å². The van der Waals surface area contributed by atoms with Gasteiger partial charge in [-0.25, -0.2) is 17.9 Å². The van der Waals surface area contributed by atoms with Crippen molar-refractivity contribution in [2.24, 2.45) is 5.14 Å². The third-order valence-corrected chi connectivity index (χ3v) is 5.43. The molecule has 3 aromatic rings. The SMILES string of the molecule is Cc1cc(Cl)ccc1CC(=O)Nc1ccc(-c2cncc(F)c2)c(S(N)(=O)=O)c1. The van der Waals surface area contributed by atoms with Crippen molar-refractivity contribution in [3.8, 4) is 11.1 Å². The lowest BCUT2D eigenvalue weighted by molar-refractivity contribution is -0.115. The number of aryl methyl sites for hydroxylation is 1. The number of amides is 1. The molecule has 0 atom stereocenters. The zero-order chi connectivity index (χ0) is 21.2. The fourth-order valence-corrected chi connectivity index (χ4v) is 3.88. The van der Waals surface area contributed by atoms with E-state index in [1.807, 2.05) is 6.92 Å². The second kappa shape index (κ2) is 8.28. The maximum Gasteiger partial charge on any atom is 0.238 e. The smallest absolute Gasteiger partial charge is 0.238 e. The van der Waals surface area contributed by atoms with E-state index in [1.54, 1.807) is 18.2 Å². The summed E-state index contributed by atoms with van der Waals surface area (Å²) < 4.78 is 37.6. The summed E-state index contributed by atoms with van der Waals surface area (Å²) in [5, 5.41) is 8.55. The number of sulfonamides is 1. The molecule has 0 aliphatic heterocycles. The fourth-order valence-electron chi connectivity index (χ4n) is 2.87. The molecule has 9 heteroatoms. The highest BCUT2D eigenvalue weighted by molar-refractivity contribution is 7.89. The Morgan fingerprint density at radius 1 is 1.17 bits per heavy atom. The number of pyridine rings is 1. The molecular weight excluding hydrogens is 417 g/mol. The topological polar surface area (TPSA) is 102 Å². The maximum absolute atomic E-state index is 13.5. The molecule has 0 saturated carbocycles. The highest BCUT2D eigenvalue weighted by Gasteiger charge is 2.18. The summed E-state index contributed by atoms with van der Waals surface area (Å²) in [5.41, 5.74) is 2.35. The van der Waals surface area contributed by atoms with Gasteiger partial charge in [0.05, 0.1) is 17.5 Å².